The van der Waals surface area contributed by atoms with Gasteiger partial charge >= 0.3 is 0 Å². The molecule has 116 valence electrons. The number of rotatable bonds is 5. The third-order valence-electron chi connectivity index (χ3n) is 3.72. The Morgan fingerprint density at radius 1 is 1.19 bits per heavy atom. The summed E-state index contributed by atoms with van der Waals surface area (Å²) in [5.41, 5.74) is 1.32. The van der Waals surface area contributed by atoms with Crippen LogP contribution in [0.25, 0.3) is 0 Å². The molecule has 2 rings (SSSR count). The van der Waals surface area contributed by atoms with Crippen LogP contribution in [0.2, 0.25) is 0 Å². The van der Waals surface area contributed by atoms with Crippen LogP contribution in [0.15, 0.2) is 35.3 Å². The molecule has 1 aromatic rings. The van der Waals surface area contributed by atoms with Crippen molar-refractivity contribution in [1.29, 1.82) is 0 Å². The molecule has 1 aromatic carbocycles. The third kappa shape index (κ3) is 4.84. The average Bonchev–Trinajstić information content (AvgIpc) is 2.56. The molecule has 0 unspecified atom stereocenters. The smallest absolute Gasteiger partial charge is 0.193 e. The highest BCUT2D eigenvalue weighted by Crippen LogP contribution is 2.15. The van der Waals surface area contributed by atoms with E-state index in [0.29, 0.717) is 0 Å². The summed E-state index contributed by atoms with van der Waals surface area (Å²) in [6.07, 6.45) is 3.34. The van der Waals surface area contributed by atoms with E-state index in [9.17, 15) is 0 Å². The van der Waals surface area contributed by atoms with Crippen LogP contribution in [0, 0.1) is 0 Å². The Morgan fingerprint density at radius 3 is 2.52 bits per heavy atom. The van der Waals surface area contributed by atoms with Gasteiger partial charge in [0.25, 0.3) is 0 Å². The molecule has 0 saturated carbocycles. The molecule has 1 aliphatic heterocycles. The van der Waals surface area contributed by atoms with E-state index in [1.54, 1.807) is 0 Å². The molecule has 0 amide bonds. The van der Waals surface area contributed by atoms with Crippen molar-refractivity contribution >= 4 is 23.4 Å². The molecule has 0 bridgehead atoms. The number of guanidine groups is 1. The fourth-order valence-electron chi connectivity index (χ4n) is 2.56. The second-order valence-corrected chi connectivity index (χ2v) is 6.12. The highest BCUT2D eigenvalue weighted by molar-refractivity contribution is 7.98. The van der Waals surface area contributed by atoms with Crippen LogP contribution in [0.3, 0.4) is 0 Å². The molecular formula is C16H26N4S. The number of nitrogens with zero attached hydrogens (tertiary/aromatic N) is 3. The molecule has 4 nitrogen and oxygen atoms in total. The van der Waals surface area contributed by atoms with E-state index in [2.05, 4.69) is 56.7 Å². The van der Waals surface area contributed by atoms with Crippen molar-refractivity contribution in [3.8, 4) is 0 Å². The summed E-state index contributed by atoms with van der Waals surface area (Å²) in [6, 6.07) is 10.7. The Kier molecular flexibility index (Phi) is 6.73. The van der Waals surface area contributed by atoms with Gasteiger partial charge in [-0.3, -0.25) is 4.99 Å². The molecule has 0 radical (unpaired) electrons. The molecule has 0 spiro atoms. The van der Waals surface area contributed by atoms with Gasteiger partial charge in [-0.1, -0.05) is 18.2 Å². The van der Waals surface area contributed by atoms with Gasteiger partial charge < -0.3 is 15.1 Å². The normalized spacial score (nSPS) is 16.2. The third-order valence-corrected chi connectivity index (χ3v) is 4.42. The van der Waals surface area contributed by atoms with Crippen molar-refractivity contribution in [3.63, 3.8) is 0 Å². The molecule has 21 heavy (non-hydrogen) atoms. The maximum Gasteiger partial charge on any atom is 0.193 e. The molecule has 5 heteroatoms. The highest BCUT2D eigenvalue weighted by atomic mass is 32.2. The quantitative estimate of drug-likeness (QED) is 0.513. The zero-order valence-electron chi connectivity index (χ0n) is 13.1. The van der Waals surface area contributed by atoms with E-state index in [0.717, 1.165) is 38.7 Å². The average molecular weight is 306 g/mol. The molecule has 1 heterocycles. The van der Waals surface area contributed by atoms with Crippen LogP contribution >= 0.6 is 11.8 Å². The SMILES string of the molecule is CN=C(NCCCSC)N1CCN(c2ccccc2)CC1. The summed E-state index contributed by atoms with van der Waals surface area (Å²) in [5, 5.41) is 3.47. The summed E-state index contributed by atoms with van der Waals surface area (Å²) in [5.74, 6) is 2.25. The second-order valence-electron chi connectivity index (χ2n) is 5.13. The number of thioether (sulfide) groups is 1. The molecule has 1 fully saturated rings. The maximum atomic E-state index is 4.41. The summed E-state index contributed by atoms with van der Waals surface area (Å²) in [6.45, 7) is 5.16. The lowest BCUT2D eigenvalue weighted by atomic mass is 10.2. The number of hydrogen-bond acceptors (Lipinski definition) is 3. The minimum atomic E-state index is 1.01. The van der Waals surface area contributed by atoms with E-state index in [-0.39, 0.29) is 0 Å². The van der Waals surface area contributed by atoms with Crippen LogP contribution in [0.4, 0.5) is 5.69 Å². The van der Waals surface area contributed by atoms with E-state index in [4.69, 9.17) is 0 Å². The predicted molar refractivity (Wildman–Crippen MR) is 94.6 cm³/mol. The van der Waals surface area contributed by atoms with Gasteiger partial charge in [-0.15, -0.1) is 0 Å². The zero-order valence-corrected chi connectivity index (χ0v) is 13.9. The van der Waals surface area contributed by atoms with E-state index < -0.39 is 0 Å². The molecule has 0 atom stereocenters. The first-order valence-corrected chi connectivity index (χ1v) is 8.99. The Bertz CT molecular complexity index is 427. The van der Waals surface area contributed by atoms with Gasteiger partial charge in [0.05, 0.1) is 0 Å². The summed E-state index contributed by atoms with van der Waals surface area (Å²) in [7, 11) is 1.88. The monoisotopic (exact) mass is 306 g/mol. The van der Waals surface area contributed by atoms with Crippen molar-refractivity contribution in [3.05, 3.63) is 30.3 Å². The number of anilines is 1. The van der Waals surface area contributed by atoms with Crippen molar-refractivity contribution < 1.29 is 0 Å². The molecule has 0 aliphatic carbocycles. The molecule has 0 aromatic heterocycles. The minimum Gasteiger partial charge on any atom is -0.368 e. The van der Waals surface area contributed by atoms with Crippen LogP contribution in [-0.4, -0.2) is 62.6 Å². The Labute approximate surface area is 132 Å². The number of hydrogen-bond donors (Lipinski definition) is 1. The standard InChI is InChI=1S/C16H26N4S/c1-17-16(18-9-6-14-21-2)20-12-10-19(11-13-20)15-7-4-3-5-8-15/h3-5,7-8H,6,9-14H2,1-2H3,(H,17,18). The van der Waals surface area contributed by atoms with Crippen molar-refractivity contribution in [2.45, 2.75) is 6.42 Å². The zero-order chi connectivity index (χ0) is 14.9. The van der Waals surface area contributed by atoms with Crippen molar-refractivity contribution in [1.82, 2.24) is 10.2 Å². The van der Waals surface area contributed by atoms with Gasteiger partial charge in [-0.2, -0.15) is 11.8 Å². The number of nitrogens with one attached hydrogen (secondary N) is 1. The molecular weight excluding hydrogens is 280 g/mol. The van der Waals surface area contributed by atoms with Crippen LogP contribution in [0.1, 0.15) is 6.42 Å². The fraction of sp³-hybridized carbons (Fsp3) is 0.562. The number of benzene rings is 1. The Balaban J connectivity index is 1.79. The maximum absolute atomic E-state index is 4.41. The number of para-hydroxylation sites is 1. The van der Waals surface area contributed by atoms with Crippen LogP contribution < -0.4 is 10.2 Å². The minimum absolute atomic E-state index is 1.01. The molecule has 1 aliphatic rings. The lowest BCUT2D eigenvalue weighted by Gasteiger charge is -2.37. The second kappa shape index (κ2) is 8.82. The molecule has 1 saturated heterocycles. The van der Waals surface area contributed by atoms with E-state index in [1.807, 2.05) is 18.8 Å². The lowest BCUT2D eigenvalue weighted by Crippen LogP contribution is -2.52. The van der Waals surface area contributed by atoms with Gasteiger partial charge in [0.2, 0.25) is 0 Å². The summed E-state index contributed by atoms with van der Waals surface area (Å²) < 4.78 is 0. The first-order valence-electron chi connectivity index (χ1n) is 7.59. The van der Waals surface area contributed by atoms with Gasteiger partial charge in [-0.25, -0.2) is 0 Å². The Morgan fingerprint density at radius 2 is 1.90 bits per heavy atom. The van der Waals surface area contributed by atoms with Crippen molar-refractivity contribution in [2.75, 3.05) is 56.7 Å². The van der Waals surface area contributed by atoms with E-state index in [1.165, 1.54) is 17.9 Å². The summed E-state index contributed by atoms with van der Waals surface area (Å²) >= 11 is 1.89. The largest absolute Gasteiger partial charge is 0.368 e. The van der Waals surface area contributed by atoms with Gasteiger partial charge in [-0.05, 0) is 30.6 Å². The number of piperazine rings is 1. The van der Waals surface area contributed by atoms with Gasteiger partial charge in [0, 0.05) is 45.5 Å². The Hall–Kier alpha value is -1.36. The van der Waals surface area contributed by atoms with E-state index >= 15 is 0 Å². The highest BCUT2D eigenvalue weighted by Gasteiger charge is 2.19. The van der Waals surface area contributed by atoms with Gasteiger partial charge in [0.15, 0.2) is 5.96 Å². The first kappa shape index (κ1) is 16.0. The van der Waals surface area contributed by atoms with Gasteiger partial charge in [0.1, 0.15) is 0 Å². The van der Waals surface area contributed by atoms with Crippen LogP contribution in [0.5, 0.6) is 0 Å². The first-order chi connectivity index (χ1) is 10.3. The summed E-state index contributed by atoms with van der Waals surface area (Å²) in [4.78, 5) is 9.21. The van der Waals surface area contributed by atoms with Crippen molar-refractivity contribution in [2.24, 2.45) is 4.99 Å². The number of aliphatic imine (C=N–C) groups is 1. The van der Waals surface area contributed by atoms with Crippen LogP contribution in [-0.2, 0) is 0 Å². The lowest BCUT2D eigenvalue weighted by molar-refractivity contribution is 0.373. The predicted octanol–water partition coefficient (Wildman–Crippen LogP) is 2.14. The topological polar surface area (TPSA) is 30.9 Å². The fourth-order valence-corrected chi connectivity index (χ4v) is 3.00. The molecule has 1 N–H and O–H groups in total.